The molecule has 0 saturated heterocycles. The van der Waals surface area contributed by atoms with Crippen LogP contribution >= 0.6 is 27.5 Å². The third-order valence-corrected chi connectivity index (χ3v) is 6.43. The van der Waals surface area contributed by atoms with E-state index < -0.39 is 11.9 Å². The maximum atomic E-state index is 13.2. The molecule has 37 heavy (non-hydrogen) atoms. The van der Waals surface area contributed by atoms with Crippen LogP contribution in [0.4, 0.5) is 0 Å². The predicted molar refractivity (Wildman–Crippen MR) is 149 cm³/mol. The predicted octanol–water partition coefficient (Wildman–Crippen LogP) is 7.23. The highest BCUT2D eigenvalue weighted by Crippen LogP contribution is 2.35. The van der Waals surface area contributed by atoms with Crippen molar-refractivity contribution in [2.45, 2.75) is 0 Å². The normalized spacial score (nSPS) is 11.1. The summed E-state index contributed by atoms with van der Waals surface area (Å²) < 4.78 is 6.33. The number of aromatic amines is 1. The summed E-state index contributed by atoms with van der Waals surface area (Å²) in [5, 5.41) is 5.48. The van der Waals surface area contributed by atoms with E-state index in [1.54, 1.807) is 48.5 Å². The van der Waals surface area contributed by atoms with Crippen molar-refractivity contribution in [2.24, 2.45) is 5.10 Å². The van der Waals surface area contributed by atoms with Crippen molar-refractivity contribution in [3.05, 3.63) is 123 Å². The summed E-state index contributed by atoms with van der Waals surface area (Å²) in [5.41, 5.74) is 6.09. The van der Waals surface area contributed by atoms with Crippen molar-refractivity contribution in [3.63, 3.8) is 0 Å². The van der Waals surface area contributed by atoms with Crippen molar-refractivity contribution in [2.75, 3.05) is 0 Å². The van der Waals surface area contributed by atoms with Crippen LogP contribution in [0, 0.1) is 0 Å². The molecule has 182 valence electrons. The smallest absolute Gasteiger partial charge is 0.343 e. The highest BCUT2D eigenvalue weighted by atomic mass is 79.9. The number of amides is 1. The molecule has 0 unspecified atom stereocenters. The first-order valence-corrected chi connectivity index (χ1v) is 12.4. The molecular formula is C29H19BrClN3O3. The van der Waals surface area contributed by atoms with E-state index in [4.69, 9.17) is 16.3 Å². The second-order valence-corrected chi connectivity index (χ2v) is 9.36. The number of rotatable bonds is 6. The monoisotopic (exact) mass is 571 g/mol. The van der Waals surface area contributed by atoms with Gasteiger partial charge in [0.1, 0.15) is 11.4 Å². The average Bonchev–Trinajstić information content (AvgIpc) is 3.32. The zero-order chi connectivity index (χ0) is 25.8. The van der Waals surface area contributed by atoms with E-state index in [1.807, 2.05) is 48.5 Å². The van der Waals surface area contributed by atoms with E-state index in [1.165, 1.54) is 6.21 Å². The Labute approximate surface area is 226 Å². The highest BCUT2D eigenvalue weighted by Gasteiger charge is 2.20. The van der Waals surface area contributed by atoms with E-state index >= 15 is 0 Å². The maximum absolute atomic E-state index is 13.2. The molecule has 1 amide bonds. The molecule has 0 saturated carbocycles. The number of carbonyl (C=O) groups is 2. The number of halogens is 2. The topological polar surface area (TPSA) is 83.5 Å². The van der Waals surface area contributed by atoms with Gasteiger partial charge < -0.3 is 9.72 Å². The van der Waals surface area contributed by atoms with Gasteiger partial charge >= 0.3 is 5.97 Å². The molecule has 4 aromatic carbocycles. The van der Waals surface area contributed by atoms with Gasteiger partial charge in [0.05, 0.1) is 22.3 Å². The minimum atomic E-state index is -0.496. The van der Waals surface area contributed by atoms with Crippen LogP contribution in [0.3, 0.4) is 0 Å². The first kappa shape index (κ1) is 24.5. The van der Waals surface area contributed by atoms with E-state index in [0.717, 1.165) is 21.0 Å². The summed E-state index contributed by atoms with van der Waals surface area (Å²) in [4.78, 5) is 28.9. The Kier molecular flexibility index (Phi) is 7.16. The Morgan fingerprint density at radius 3 is 2.41 bits per heavy atom. The molecule has 0 bridgehead atoms. The molecule has 0 aliphatic rings. The number of carbonyl (C=O) groups excluding carboxylic acids is 2. The van der Waals surface area contributed by atoms with E-state index in [2.05, 4.69) is 31.4 Å². The van der Waals surface area contributed by atoms with Crippen molar-refractivity contribution in [1.82, 2.24) is 10.4 Å². The van der Waals surface area contributed by atoms with Crippen LogP contribution in [0.15, 0.2) is 107 Å². The lowest BCUT2D eigenvalue weighted by Gasteiger charge is -2.08. The second kappa shape index (κ2) is 10.8. The number of benzene rings is 4. The number of aromatic nitrogens is 1. The first-order valence-electron chi connectivity index (χ1n) is 11.3. The molecule has 0 spiro atoms. The molecule has 0 radical (unpaired) electrons. The molecule has 0 aliphatic heterocycles. The standard InChI is InChI=1S/C29H19BrClN3O3/c30-21-14-15-24(37-29(36)19-10-5-2-6-11-19)20(16-21)17-32-34-28(35)27-25(18-8-3-1-4-9-18)22-12-7-13-23(31)26(22)33-27/h1-17,33H,(H,34,35). The molecule has 6 nitrogen and oxygen atoms in total. The summed E-state index contributed by atoms with van der Waals surface area (Å²) >= 11 is 9.82. The Bertz CT molecular complexity index is 1630. The molecule has 5 rings (SSSR count). The Morgan fingerprint density at radius 1 is 0.919 bits per heavy atom. The number of H-pyrrole nitrogens is 1. The molecule has 1 heterocycles. The average molecular weight is 573 g/mol. The van der Waals surface area contributed by atoms with Crippen LogP contribution in [-0.2, 0) is 0 Å². The summed E-state index contributed by atoms with van der Waals surface area (Å²) in [6.07, 6.45) is 1.42. The van der Waals surface area contributed by atoms with Gasteiger partial charge in [-0.15, -0.1) is 0 Å². The minimum absolute atomic E-state index is 0.303. The largest absolute Gasteiger partial charge is 0.422 e. The van der Waals surface area contributed by atoms with E-state index in [-0.39, 0.29) is 0 Å². The van der Waals surface area contributed by atoms with Gasteiger partial charge in [-0.05, 0) is 42.0 Å². The zero-order valence-electron chi connectivity index (χ0n) is 19.2. The number of para-hydroxylation sites is 1. The lowest BCUT2D eigenvalue weighted by molar-refractivity contribution is 0.0734. The van der Waals surface area contributed by atoms with Gasteiger partial charge in [0.15, 0.2) is 0 Å². The van der Waals surface area contributed by atoms with Gasteiger partial charge in [-0.1, -0.05) is 88.2 Å². The van der Waals surface area contributed by atoms with Gasteiger partial charge in [-0.3, -0.25) is 4.79 Å². The molecule has 1 aromatic heterocycles. The third kappa shape index (κ3) is 5.33. The van der Waals surface area contributed by atoms with Gasteiger partial charge in [0, 0.05) is 21.0 Å². The summed E-state index contributed by atoms with van der Waals surface area (Å²) in [7, 11) is 0. The summed E-state index contributed by atoms with van der Waals surface area (Å²) in [6, 6.07) is 28.9. The van der Waals surface area contributed by atoms with E-state index in [0.29, 0.717) is 33.1 Å². The summed E-state index contributed by atoms with van der Waals surface area (Å²) in [6.45, 7) is 0. The quantitative estimate of drug-likeness (QED) is 0.0974. The third-order valence-electron chi connectivity index (χ3n) is 5.63. The van der Waals surface area contributed by atoms with Gasteiger partial charge in [0.25, 0.3) is 5.91 Å². The number of esters is 1. The minimum Gasteiger partial charge on any atom is -0.422 e. The summed E-state index contributed by atoms with van der Waals surface area (Å²) in [5.74, 6) is -0.637. The maximum Gasteiger partial charge on any atom is 0.343 e. The lowest BCUT2D eigenvalue weighted by Crippen LogP contribution is -2.19. The number of hydrazone groups is 1. The van der Waals surface area contributed by atoms with Crippen molar-refractivity contribution in [3.8, 4) is 16.9 Å². The second-order valence-electron chi connectivity index (χ2n) is 8.04. The number of nitrogens with one attached hydrogen (secondary N) is 2. The fourth-order valence-corrected chi connectivity index (χ4v) is 4.52. The molecule has 2 N–H and O–H groups in total. The number of ether oxygens (including phenoxy) is 1. The molecular weight excluding hydrogens is 554 g/mol. The number of fused-ring (bicyclic) bond motifs is 1. The SMILES string of the molecule is O=C(Oc1ccc(Br)cc1C=NNC(=O)c1[nH]c2c(Cl)cccc2c1-c1ccccc1)c1ccccc1. The van der Waals surface area contributed by atoms with Gasteiger partial charge in [-0.25, -0.2) is 10.2 Å². The fraction of sp³-hybridized carbons (Fsp3) is 0. The number of nitrogens with zero attached hydrogens (tertiary/aromatic N) is 1. The van der Waals surface area contributed by atoms with Gasteiger partial charge in [-0.2, -0.15) is 5.10 Å². The van der Waals surface area contributed by atoms with Crippen molar-refractivity contribution in [1.29, 1.82) is 0 Å². The Morgan fingerprint density at radius 2 is 1.65 bits per heavy atom. The molecule has 8 heteroatoms. The zero-order valence-corrected chi connectivity index (χ0v) is 21.6. The molecule has 0 aliphatic carbocycles. The van der Waals surface area contributed by atoms with Gasteiger partial charge in [0.2, 0.25) is 0 Å². The molecule has 0 fully saturated rings. The van der Waals surface area contributed by atoms with Crippen LogP contribution in [0.1, 0.15) is 26.4 Å². The number of hydrogen-bond donors (Lipinski definition) is 2. The Balaban J connectivity index is 1.42. The van der Waals surface area contributed by atoms with Crippen molar-refractivity contribution >= 4 is 56.5 Å². The lowest BCUT2D eigenvalue weighted by atomic mass is 10.0. The fourth-order valence-electron chi connectivity index (χ4n) is 3.92. The van der Waals surface area contributed by atoms with Crippen LogP contribution < -0.4 is 10.2 Å². The van der Waals surface area contributed by atoms with Crippen LogP contribution in [-0.4, -0.2) is 23.1 Å². The first-order chi connectivity index (χ1) is 18.0. The molecule has 5 aromatic rings. The number of hydrogen-bond acceptors (Lipinski definition) is 4. The van der Waals surface area contributed by atoms with Crippen LogP contribution in [0.5, 0.6) is 5.75 Å². The molecule has 0 atom stereocenters. The highest BCUT2D eigenvalue weighted by molar-refractivity contribution is 9.10. The van der Waals surface area contributed by atoms with Crippen LogP contribution in [0.2, 0.25) is 5.02 Å². The van der Waals surface area contributed by atoms with Crippen LogP contribution in [0.25, 0.3) is 22.0 Å². The Hall–Kier alpha value is -4.20. The van der Waals surface area contributed by atoms with Crippen molar-refractivity contribution < 1.29 is 14.3 Å². The van der Waals surface area contributed by atoms with E-state index in [9.17, 15) is 9.59 Å².